The summed E-state index contributed by atoms with van der Waals surface area (Å²) in [7, 11) is 0. The van der Waals surface area contributed by atoms with Crippen molar-refractivity contribution in [2.75, 3.05) is 0 Å². The molecule has 1 aliphatic heterocycles. The monoisotopic (exact) mass is 392 g/mol. The van der Waals surface area contributed by atoms with Crippen LogP contribution in [0.2, 0.25) is 0 Å². The fraction of sp³-hybridized carbons (Fsp3) is 0.708. The van der Waals surface area contributed by atoms with Gasteiger partial charge in [-0.3, -0.25) is 4.79 Å². The lowest BCUT2D eigenvalue weighted by atomic mass is 9.88. The molecule has 0 radical (unpaired) electrons. The molecule has 1 N–H and O–H groups in total. The Morgan fingerprint density at radius 1 is 1.07 bits per heavy atom. The summed E-state index contributed by atoms with van der Waals surface area (Å²) in [6, 6.07) is 0. The number of hydrogen-bond acceptors (Lipinski definition) is 3. The Morgan fingerprint density at radius 3 is 2.14 bits per heavy atom. The topological polar surface area (TPSA) is 55.8 Å². The van der Waals surface area contributed by atoms with Gasteiger partial charge in [-0.2, -0.15) is 0 Å². The lowest BCUT2D eigenvalue weighted by molar-refractivity contribution is -0.411. The largest absolute Gasteiger partial charge is 0.481 e. The van der Waals surface area contributed by atoms with E-state index in [1.807, 2.05) is 0 Å². The lowest BCUT2D eigenvalue weighted by Gasteiger charge is -2.37. The van der Waals surface area contributed by atoms with Crippen molar-refractivity contribution in [1.82, 2.24) is 0 Å². The van der Waals surface area contributed by atoms with Crippen LogP contribution in [0.25, 0.3) is 0 Å². The number of aliphatic carboxylic acids is 1. The van der Waals surface area contributed by atoms with Gasteiger partial charge in [-0.15, -0.1) is 0 Å². The molecule has 1 rings (SSSR count). The van der Waals surface area contributed by atoms with E-state index in [9.17, 15) is 4.79 Å². The summed E-state index contributed by atoms with van der Waals surface area (Å²) < 4.78 is 0. The van der Waals surface area contributed by atoms with Crippen molar-refractivity contribution in [2.24, 2.45) is 5.92 Å². The molecule has 0 aromatic carbocycles. The number of carbonyl (C=O) groups is 1. The molecule has 1 fully saturated rings. The van der Waals surface area contributed by atoms with Crippen LogP contribution in [-0.4, -0.2) is 22.8 Å². The summed E-state index contributed by atoms with van der Waals surface area (Å²) in [6.45, 7) is 12.4. The van der Waals surface area contributed by atoms with Crippen LogP contribution in [-0.2, 0) is 14.6 Å². The molecular weight excluding hydrogens is 352 g/mol. The second-order valence-electron chi connectivity index (χ2n) is 8.83. The normalized spacial score (nSPS) is 24.7. The molecule has 160 valence electrons. The zero-order valence-corrected chi connectivity index (χ0v) is 18.7. The smallest absolute Gasteiger partial charge is 0.308 e. The summed E-state index contributed by atoms with van der Waals surface area (Å²) in [6.07, 6.45) is 14.5. The minimum Gasteiger partial charge on any atom is -0.481 e. The summed E-state index contributed by atoms with van der Waals surface area (Å²) in [4.78, 5) is 22.1. The molecule has 0 unspecified atom stereocenters. The number of hydrogen-bond donors (Lipinski definition) is 1. The highest BCUT2D eigenvalue weighted by atomic mass is 17.2. The van der Waals surface area contributed by atoms with Gasteiger partial charge < -0.3 is 5.11 Å². The average Bonchev–Trinajstić information content (AvgIpc) is 2.61. The summed E-state index contributed by atoms with van der Waals surface area (Å²) in [5.41, 5.74) is 3.94. The van der Waals surface area contributed by atoms with E-state index in [1.54, 1.807) is 6.92 Å². The SMILES string of the molecule is CC(C)=CCC/C(C)=C/CC/C(C)=C/CC[C@]1(C)CC[C@@H]([C@@H](C)C(=O)O)OO1. The first-order chi connectivity index (χ1) is 13.1. The zero-order valence-electron chi connectivity index (χ0n) is 18.7. The third kappa shape index (κ3) is 9.70. The van der Waals surface area contributed by atoms with Gasteiger partial charge in [0.2, 0.25) is 0 Å². The van der Waals surface area contributed by atoms with Crippen LogP contribution >= 0.6 is 0 Å². The highest BCUT2D eigenvalue weighted by molar-refractivity contribution is 5.70. The van der Waals surface area contributed by atoms with Crippen LogP contribution < -0.4 is 0 Å². The minimum atomic E-state index is -0.836. The quantitative estimate of drug-likeness (QED) is 0.311. The standard InChI is InChI=1S/C24H40O4/c1-18(2)10-7-11-19(3)12-8-13-20(4)14-9-16-24(6)17-15-22(27-28-24)21(5)23(25)26/h10,12,14,21-22H,7-9,11,13,15-17H2,1-6H3,(H,25,26)/b19-12+,20-14+/t21-,22+,24-/m1/s1. The third-order valence-corrected chi connectivity index (χ3v) is 5.57. The molecule has 28 heavy (non-hydrogen) atoms. The van der Waals surface area contributed by atoms with Gasteiger partial charge in [-0.1, -0.05) is 34.9 Å². The van der Waals surface area contributed by atoms with Crippen LogP contribution in [0.5, 0.6) is 0 Å². The van der Waals surface area contributed by atoms with E-state index in [1.165, 1.54) is 16.7 Å². The number of allylic oxidation sites excluding steroid dienone is 6. The van der Waals surface area contributed by atoms with Crippen molar-refractivity contribution in [2.45, 2.75) is 105 Å². The third-order valence-electron chi connectivity index (χ3n) is 5.57. The fourth-order valence-corrected chi connectivity index (χ4v) is 3.34. The van der Waals surface area contributed by atoms with Crippen molar-refractivity contribution in [3.05, 3.63) is 34.9 Å². The predicted octanol–water partition coefficient (Wildman–Crippen LogP) is 6.78. The van der Waals surface area contributed by atoms with Gasteiger partial charge in [-0.25, -0.2) is 9.78 Å². The Labute approximate surface area is 171 Å². The maximum absolute atomic E-state index is 11.1. The van der Waals surface area contributed by atoms with Gasteiger partial charge in [0.15, 0.2) is 0 Å². The van der Waals surface area contributed by atoms with E-state index < -0.39 is 11.9 Å². The van der Waals surface area contributed by atoms with E-state index in [0.29, 0.717) is 0 Å². The lowest BCUT2D eigenvalue weighted by Crippen LogP contribution is -2.41. The first kappa shape index (κ1) is 24.6. The molecule has 0 aliphatic carbocycles. The maximum Gasteiger partial charge on any atom is 0.308 e. The zero-order chi connectivity index (χ0) is 21.2. The Kier molecular flexibility index (Phi) is 10.8. The van der Waals surface area contributed by atoms with Gasteiger partial charge in [0, 0.05) is 0 Å². The Hall–Kier alpha value is -1.39. The average molecular weight is 393 g/mol. The molecule has 0 bridgehead atoms. The van der Waals surface area contributed by atoms with Crippen molar-refractivity contribution >= 4 is 5.97 Å². The second-order valence-corrected chi connectivity index (χ2v) is 8.83. The highest BCUT2D eigenvalue weighted by Crippen LogP contribution is 2.33. The van der Waals surface area contributed by atoms with Crippen molar-refractivity contribution < 1.29 is 19.7 Å². The summed E-state index contributed by atoms with van der Waals surface area (Å²) >= 11 is 0. The van der Waals surface area contributed by atoms with Crippen molar-refractivity contribution in [1.29, 1.82) is 0 Å². The van der Waals surface area contributed by atoms with Crippen LogP contribution in [0.3, 0.4) is 0 Å². The Morgan fingerprint density at radius 2 is 1.64 bits per heavy atom. The molecule has 0 aromatic heterocycles. The van der Waals surface area contributed by atoms with Gasteiger partial charge in [0.05, 0.1) is 5.92 Å². The van der Waals surface area contributed by atoms with E-state index in [-0.39, 0.29) is 11.7 Å². The Bertz CT molecular complexity index is 573. The van der Waals surface area contributed by atoms with Gasteiger partial charge in [-0.05, 0) is 92.9 Å². The number of carboxylic acids is 1. The summed E-state index contributed by atoms with van der Waals surface area (Å²) in [5, 5.41) is 9.09. The molecule has 0 aromatic rings. The first-order valence-corrected chi connectivity index (χ1v) is 10.6. The Balaban J connectivity index is 2.30. The molecule has 1 saturated heterocycles. The molecule has 3 atom stereocenters. The molecular formula is C24H40O4. The molecule has 1 heterocycles. The fourth-order valence-electron chi connectivity index (χ4n) is 3.34. The van der Waals surface area contributed by atoms with Crippen LogP contribution in [0.15, 0.2) is 34.9 Å². The van der Waals surface area contributed by atoms with Gasteiger partial charge >= 0.3 is 5.97 Å². The van der Waals surface area contributed by atoms with Crippen molar-refractivity contribution in [3.63, 3.8) is 0 Å². The van der Waals surface area contributed by atoms with E-state index in [0.717, 1.165) is 51.4 Å². The van der Waals surface area contributed by atoms with E-state index >= 15 is 0 Å². The van der Waals surface area contributed by atoms with Crippen LogP contribution in [0.4, 0.5) is 0 Å². The van der Waals surface area contributed by atoms with Crippen molar-refractivity contribution in [3.8, 4) is 0 Å². The molecule has 0 spiro atoms. The molecule has 0 saturated carbocycles. The summed E-state index contributed by atoms with van der Waals surface area (Å²) in [5.74, 6) is -1.37. The maximum atomic E-state index is 11.1. The van der Waals surface area contributed by atoms with Crippen LogP contribution in [0, 0.1) is 5.92 Å². The molecule has 4 heteroatoms. The second kappa shape index (κ2) is 12.2. The first-order valence-electron chi connectivity index (χ1n) is 10.6. The minimum absolute atomic E-state index is 0.326. The predicted molar refractivity (Wildman–Crippen MR) is 115 cm³/mol. The van der Waals surface area contributed by atoms with Crippen LogP contribution in [0.1, 0.15) is 92.9 Å². The number of rotatable bonds is 11. The molecule has 4 nitrogen and oxygen atoms in total. The van der Waals surface area contributed by atoms with Gasteiger partial charge in [0.25, 0.3) is 0 Å². The van der Waals surface area contributed by atoms with Gasteiger partial charge in [0.1, 0.15) is 11.7 Å². The molecule has 0 amide bonds. The molecule has 1 aliphatic rings. The van der Waals surface area contributed by atoms with E-state index in [2.05, 4.69) is 52.8 Å². The highest BCUT2D eigenvalue weighted by Gasteiger charge is 2.37. The number of carboxylic acid groups (broad SMARTS) is 1. The van der Waals surface area contributed by atoms with E-state index in [4.69, 9.17) is 14.9 Å².